The smallest absolute Gasteiger partial charge is 0.144 e. The van der Waals surface area contributed by atoms with E-state index >= 15 is 0 Å². The van der Waals surface area contributed by atoms with Crippen molar-refractivity contribution in [3.63, 3.8) is 0 Å². The molecule has 3 unspecified atom stereocenters. The summed E-state index contributed by atoms with van der Waals surface area (Å²) in [4.78, 5) is 7.40. The number of anilines is 1. The molecule has 4 nitrogen and oxygen atoms in total. The first-order chi connectivity index (χ1) is 15.4. The number of nitrogens with zero attached hydrogens (tertiary/aromatic N) is 4. The number of benzene rings is 2. The SMILES string of the molecule is CCCC(C)c1nnc(C2N=C(c3ccc(Cl)cc3Cl)N(c3ccc(Cl)cc3)C2CC)s1. The zero-order valence-corrected chi connectivity index (χ0v) is 21.3. The Labute approximate surface area is 208 Å². The largest absolute Gasteiger partial charge is 0.320 e. The van der Waals surface area contributed by atoms with Gasteiger partial charge in [-0.25, -0.2) is 0 Å². The van der Waals surface area contributed by atoms with Crippen LogP contribution in [0.1, 0.15) is 67.6 Å². The fourth-order valence-electron chi connectivity index (χ4n) is 4.11. The summed E-state index contributed by atoms with van der Waals surface area (Å²) in [6, 6.07) is 13.3. The molecule has 1 aromatic heterocycles. The Balaban J connectivity index is 1.80. The van der Waals surface area contributed by atoms with Crippen LogP contribution < -0.4 is 4.90 Å². The Bertz CT molecular complexity index is 1110. The normalized spacial score (nSPS) is 19.3. The van der Waals surface area contributed by atoms with Gasteiger partial charge in [-0.15, -0.1) is 10.2 Å². The van der Waals surface area contributed by atoms with Crippen molar-refractivity contribution in [2.24, 2.45) is 4.99 Å². The van der Waals surface area contributed by atoms with Gasteiger partial charge in [0.1, 0.15) is 21.9 Å². The number of rotatable bonds is 7. The molecule has 0 radical (unpaired) electrons. The van der Waals surface area contributed by atoms with Crippen molar-refractivity contribution in [1.29, 1.82) is 0 Å². The molecule has 8 heteroatoms. The van der Waals surface area contributed by atoms with Gasteiger partial charge in [0.25, 0.3) is 0 Å². The van der Waals surface area contributed by atoms with Gasteiger partial charge in [-0.2, -0.15) is 0 Å². The fraction of sp³-hybridized carbons (Fsp3) is 0.375. The molecule has 0 spiro atoms. The molecule has 1 aliphatic heterocycles. The first kappa shape index (κ1) is 23.5. The molecule has 1 aliphatic rings. The first-order valence-corrected chi connectivity index (χ1v) is 12.8. The maximum Gasteiger partial charge on any atom is 0.144 e. The Morgan fingerprint density at radius 1 is 1.00 bits per heavy atom. The monoisotopic (exact) mass is 506 g/mol. The number of aromatic nitrogens is 2. The molecule has 3 aromatic rings. The molecule has 32 heavy (non-hydrogen) atoms. The molecule has 2 aromatic carbocycles. The summed E-state index contributed by atoms with van der Waals surface area (Å²) in [5, 5.41) is 12.9. The number of aliphatic imine (C=N–C) groups is 1. The molecule has 4 rings (SSSR count). The zero-order chi connectivity index (χ0) is 22.8. The third-order valence-corrected chi connectivity index (χ3v) is 7.76. The predicted molar refractivity (Wildman–Crippen MR) is 137 cm³/mol. The lowest BCUT2D eigenvalue weighted by Crippen LogP contribution is -2.37. The molecule has 0 saturated heterocycles. The van der Waals surface area contributed by atoms with Crippen LogP contribution in [0.5, 0.6) is 0 Å². The van der Waals surface area contributed by atoms with E-state index in [1.165, 1.54) is 0 Å². The maximum absolute atomic E-state index is 6.61. The molecule has 0 fully saturated rings. The van der Waals surface area contributed by atoms with Crippen molar-refractivity contribution in [1.82, 2.24) is 10.2 Å². The Morgan fingerprint density at radius 3 is 2.38 bits per heavy atom. The lowest BCUT2D eigenvalue weighted by atomic mass is 10.0. The standard InChI is InChI=1S/C24H25Cl3N4S/c1-4-6-14(3)23-29-30-24(32-23)21-20(5-2)31(17-10-7-15(25)8-11-17)22(28-21)18-12-9-16(26)13-19(18)27/h7-14,20-21H,4-6H2,1-3H3. The lowest BCUT2D eigenvalue weighted by molar-refractivity contribution is 0.557. The molecular formula is C24H25Cl3N4S. The van der Waals surface area contributed by atoms with Gasteiger partial charge in [0, 0.05) is 27.2 Å². The van der Waals surface area contributed by atoms with Crippen LogP contribution in [0.3, 0.4) is 0 Å². The molecule has 168 valence electrons. The van der Waals surface area contributed by atoms with Gasteiger partial charge in [-0.05, 0) is 55.3 Å². The van der Waals surface area contributed by atoms with E-state index in [1.54, 1.807) is 17.4 Å². The highest BCUT2D eigenvalue weighted by molar-refractivity contribution is 7.11. The summed E-state index contributed by atoms with van der Waals surface area (Å²) < 4.78 is 0. The minimum Gasteiger partial charge on any atom is -0.320 e. The topological polar surface area (TPSA) is 41.4 Å². The second-order valence-corrected chi connectivity index (χ2v) is 10.3. The Kier molecular flexibility index (Phi) is 7.40. The molecule has 0 saturated carbocycles. The minimum absolute atomic E-state index is 0.0835. The van der Waals surface area contributed by atoms with E-state index in [4.69, 9.17) is 39.8 Å². The quantitative estimate of drug-likeness (QED) is 0.324. The Morgan fingerprint density at radius 2 is 1.72 bits per heavy atom. The zero-order valence-electron chi connectivity index (χ0n) is 18.2. The van der Waals surface area contributed by atoms with Gasteiger partial charge in [-0.3, -0.25) is 4.99 Å². The maximum atomic E-state index is 6.61. The van der Waals surface area contributed by atoms with Crippen LogP contribution in [0.4, 0.5) is 5.69 Å². The summed E-state index contributed by atoms with van der Waals surface area (Å²) in [6.07, 6.45) is 3.10. The van der Waals surface area contributed by atoms with E-state index in [9.17, 15) is 0 Å². The van der Waals surface area contributed by atoms with Crippen LogP contribution in [0.2, 0.25) is 15.1 Å². The van der Waals surface area contributed by atoms with E-state index in [1.807, 2.05) is 36.4 Å². The lowest BCUT2D eigenvalue weighted by Gasteiger charge is -2.29. The average molecular weight is 508 g/mol. The van der Waals surface area contributed by atoms with Crippen molar-refractivity contribution < 1.29 is 0 Å². The molecule has 0 bridgehead atoms. The highest BCUT2D eigenvalue weighted by Crippen LogP contribution is 2.41. The van der Waals surface area contributed by atoms with E-state index in [-0.39, 0.29) is 12.1 Å². The number of hydrogen-bond donors (Lipinski definition) is 0. The number of hydrogen-bond acceptors (Lipinski definition) is 5. The minimum atomic E-state index is -0.127. The van der Waals surface area contributed by atoms with Gasteiger partial charge in [0.2, 0.25) is 0 Å². The summed E-state index contributed by atoms with van der Waals surface area (Å²) in [6.45, 7) is 6.57. The second-order valence-electron chi connectivity index (χ2n) is 8.01. The number of halogens is 3. The fourth-order valence-corrected chi connectivity index (χ4v) is 5.76. The van der Waals surface area contributed by atoms with Crippen molar-refractivity contribution in [3.05, 3.63) is 73.1 Å². The Hall–Kier alpha value is -1.66. The summed E-state index contributed by atoms with van der Waals surface area (Å²) in [5.74, 6) is 1.21. The molecule has 0 N–H and O–H groups in total. The van der Waals surface area contributed by atoms with Crippen LogP contribution >= 0.6 is 46.1 Å². The molecule has 2 heterocycles. The first-order valence-electron chi connectivity index (χ1n) is 10.8. The highest BCUT2D eigenvalue weighted by Gasteiger charge is 2.40. The molecular weight excluding hydrogens is 483 g/mol. The van der Waals surface area contributed by atoms with Crippen LogP contribution in [0, 0.1) is 0 Å². The van der Waals surface area contributed by atoms with Gasteiger partial charge < -0.3 is 4.90 Å². The van der Waals surface area contributed by atoms with E-state index in [0.717, 1.165) is 46.4 Å². The van der Waals surface area contributed by atoms with E-state index < -0.39 is 0 Å². The van der Waals surface area contributed by atoms with Gasteiger partial charge in [0.15, 0.2) is 0 Å². The average Bonchev–Trinajstić information content (AvgIpc) is 3.39. The van der Waals surface area contributed by atoms with Crippen LogP contribution in [-0.4, -0.2) is 22.1 Å². The van der Waals surface area contributed by atoms with Crippen LogP contribution in [0.15, 0.2) is 47.5 Å². The highest BCUT2D eigenvalue weighted by atomic mass is 35.5. The van der Waals surface area contributed by atoms with Crippen LogP contribution in [-0.2, 0) is 0 Å². The number of amidine groups is 1. The van der Waals surface area contributed by atoms with E-state index in [0.29, 0.717) is 21.0 Å². The molecule has 0 aliphatic carbocycles. The predicted octanol–water partition coefficient (Wildman–Crippen LogP) is 8.19. The van der Waals surface area contributed by atoms with E-state index in [2.05, 4.69) is 35.9 Å². The van der Waals surface area contributed by atoms with Crippen molar-refractivity contribution in [2.45, 2.75) is 58.0 Å². The molecule has 0 amide bonds. The third-order valence-electron chi connectivity index (χ3n) is 5.73. The second kappa shape index (κ2) is 10.1. The van der Waals surface area contributed by atoms with Gasteiger partial charge in [-0.1, -0.05) is 73.3 Å². The van der Waals surface area contributed by atoms with Crippen molar-refractivity contribution >= 4 is 57.7 Å². The summed E-state index contributed by atoms with van der Waals surface area (Å²) in [7, 11) is 0. The third kappa shape index (κ3) is 4.67. The van der Waals surface area contributed by atoms with Crippen LogP contribution in [0.25, 0.3) is 0 Å². The van der Waals surface area contributed by atoms with Gasteiger partial charge >= 0.3 is 0 Å². The molecule has 3 atom stereocenters. The van der Waals surface area contributed by atoms with Crippen molar-refractivity contribution in [3.8, 4) is 0 Å². The summed E-state index contributed by atoms with van der Waals surface area (Å²) >= 11 is 20.6. The van der Waals surface area contributed by atoms with Gasteiger partial charge in [0.05, 0.1) is 11.1 Å². The summed E-state index contributed by atoms with van der Waals surface area (Å²) in [5.41, 5.74) is 1.86. The van der Waals surface area contributed by atoms with Crippen molar-refractivity contribution in [2.75, 3.05) is 4.90 Å².